The molecule has 5 heteroatoms. The summed E-state index contributed by atoms with van der Waals surface area (Å²) in [5, 5.41) is 12.3. The van der Waals surface area contributed by atoms with Gasteiger partial charge in [0, 0.05) is 33.7 Å². The number of amides is 1. The molecule has 84 valence electrons. The van der Waals surface area contributed by atoms with Crippen LogP contribution in [0.2, 0.25) is 0 Å². The lowest BCUT2D eigenvalue weighted by Crippen LogP contribution is -2.37. The van der Waals surface area contributed by atoms with Gasteiger partial charge >= 0.3 is 0 Å². The summed E-state index contributed by atoms with van der Waals surface area (Å²) in [6.07, 6.45) is -0.157. The highest BCUT2D eigenvalue weighted by Gasteiger charge is 2.12. The molecule has 0 saturated carbocycles. The van der Waals surface area contributed by atoms with Gasteiger partial charge in [-0.3, -0.25) is 4.79 Å². The molecule has 1 unspecified atom stereocenters. The number of aliphatic hydroxyl groups excluding tert-OH is 1. The van der Waals surface area contributed by atoms with E-state index in [0.29, 0.717) is 19.5 Å². The van der Waals surface area contributed by atoms with Crippen LogP contribution in [0.3, 0.4) is 0 Å². The summed E-state index contributed by atoms with van der Waals surface area (Å²) in [5.41, 5.74) is 0. The van der Waals surface area contributed by atoms with Crippen LogP contribution in [0, 0.1) is 0 Å². The van der Waals surface area contributed by atoms with E-state index in [-0.39, 0.29) is 12.5 Å². The maximum atomic E-state index is 11.4. The van der Waals surface area contributed by atoms with E-state index in [9.17, 15) is 9.90 Å². The Morgan fingerprint density at radius 2 is 2.29 bits per heavy atom. The number of methoxy groups -OCH3 is 1. The summed E-state index contributed by atoms with van der Waals surface area (Å²) in [4.78, 5) is 12.9. The van der Waals surface area contributed by atoms with Gasteiger partial charge in [-0.05, 0) is 7.05 Å². The van der Waals surface area contributed by atoms with Crippen molar-refractivity contribution in [3.05, 3.63) is 0 Å². The standard InChI is InChI=1S/C9H20N2O3/c1-10-5-4-9(13)11(2)6-8(12)7-14-3/h8,10,12H,4-7H2,1-3H3. The number of aliphatic hydroxyl groups is 1. The number of carbonyl (C=O) groups excluding carboxylic acids is 1. The van der Waals surface area contributed by atoms with Crippen LogP contribution < -0.4 is 5.32 Å². The molecule has 0 fully saturated rings. The first-order valence-corrected chi connectivity index (χ1v) is 4.67. The van der Waals surface area contributed by atoms with Crippen molar-refractivity contribution >= 4 is 5.91 Å². The quantitative estimate of drug-likeness (QED) is 0.562. The fraction of sp³-hybridized carbons (Fsp3) is 0.889. The minimum absolute atomic E-state index is 0.0227. The summed E-state index contributed by atoms with van der Waals surface area (Å²) >= 11 is 0. The van der Waals surface area contributed by atoms with Crippen molar-refractivity contribution in [1.29, 1.82) is 0 Å². The lowest BCUT2D eigenvalue weighted by atomic mass is 10.3. The Balaban J connectivity index is 3.70. The van der Waals surface area contributed by atoms with E-state index < -0.39 is 6.10 Å². The normalized spacial score (nSPS) is 12.6. The number of nitrogens with one attached hydrogen (secondary N) is 1. The monoisotopic (exact) mass is 204 g/mol. The van der Waals surface area contributed by atoms with Gasteiger partial charge in [-0.25, -0.2) is 0 Å². The van der Waals surface area contributed by atoms with E-state index in [2.05, 4.69) is 5.32 Å². The fourth-order valence-corrected chi connectivity index (χ4v) is 1.09. The molecule has 0 spiro atoms. The van der Waals surface area contributed by atoms with E-state index in [4.69, 9.17) is 4.74 Å². The number of nitrogens with zero attached hydrogens (tertiary/aromatic N) is 1. The van der Waals surface area contributed by atoms with Crippen LogP contribution in [-0.2, 0) is 9.53 Å². The highest BCUT2D eigenvalue weighted by Crippen LogP contribution is 1.93. The van der Waals surface area contributed by atoms with Crippen LogP contribution in [0.15, 0.2) is 0 Å². The Bertz CT molecular complexity index is 164. The van der Waals surface area contributed by atoms with Crippen LogP contribution in [0.4, 0.5) is 0 Å². The van der Waals surface area contributed by atoms with Crippen LogP contribution in [0.1, 0.15) is 6.42 Å². The van der Waals surface area contributed by atoms with Gasteiger partial charge in [0.15, 0.2) is 0 Å². The Kier molecular flexibility index (Phi) is 7.37. The van der Waals surface area contributed by atoms with Crippen molar-refractivity contribution in [2.24, 2.45) is 0 Å². The molecular formula is C9H20N2O3. The molecule has 0 aliphatic heterocycles. The summed E-state index contributed by atoms with van der Waals surface area (Å²) in [7, 11) is 5.00. The highest BCUT2D eigenvalue weighted by molar-refractivity contribution is 5.76. The maximum Gasteiger partial charge on any atom is 0.223 e. The van der Waals surface area contributed by atoms with Crippen molar-refractivity contribution in [2.75, 3.05) is 40.9 Å². The van der Waals surface area contributed by atoms with Gasteiger partial charge in [-0.2, -0.15) is 0 Å². The average Bonchev–Trinajstić information content (AvgIpc) is 2.14. The predicted molar refractivity (Wildman–Crippen MR) is 54.1 cm³/mol. The lowest BCUT2D eigenvalue weighted by molar-refractivity contribution is -0.131. The SMILES string of the molecule is CNCCC(=O)N(C)CC(O)COC. The third-order valence-corrected chi connectivity index (χ3v) is 1.86. The van der Waals surface area contributed by atoms with Gasteiger partial charge in [0.2, 0.25) is 5.91 Å². The maximum absolute atomic E-state index is 11.4. The Labute approximate surface area is 85.0 Å². The Hall–Kier alpha value is -0.650. The number of hydrogen-bond acceptors (Lipinski definition) is 4. The predicted octanol–water partition coefficient (Wildman–Crippen LogP) is -0.938. The molecule has 0 heterocycles. The van der Waals surface area contributed by atoms with Crippen LogP contribution >= 0.6 is 0 Å². The second kappa shape index (κ2) is 7.73. The minimum Gasteiger partial charge on any atom is -0.389 e. The Morgan fingerprint density at radius 1 is 1.64 bits per heavy atom. The first-order valence-electron chi connectivity index (χ1n) is 4.67. The van der Waals surface area contributed by atoms with Crippen molar-refractivity contribution < 1.29 is 14.6 Å². The average molecular weight is 204 g/mol. The van der Waals surface area contributed by atoms with E-state index in [1.54, 1.807) is 14.1 Å². The third kappa shape index (κ3) is 5.90. The lowest BCUT2D eigenvalue weighted by Gasteiger charge is -2.20. The number of rotatable bonds is 7. The zero-order chi connectivity index (χ0) is 11.0. The third-order valence-electron chi connectivity index (χ3n) is 1.86. The fourth-order valence-electron chi connectivity index (χ4n) is 1.09. The number of carbonyl (C=O) groups is 1. The Morgan fingerprint density at radius 3 is 2.79 bits per heavy atom. The largest absolute Gasteiger partial charge is 0.389 e. The summed E-state index contributed by atoms with van der Waals surface area (Å²) in [6, 6.07) is 0. The van der Waals surface area contributed by atoms with Crippen LogP contribution in [-0.4, -0.2) is 62.9 Å². The van der Waals surface area contributed by atoms with Crippen LogP contribution in [0.5, 0.6) is 0 Å². The zero-order valence-corrected chi connectivity index (χ0v) is 9.12. The molecular weight excluding hydrogens is 184 g/mol. The van der Waals surface area contributed by atoms with E-state index in [1.807, 2.05) is 0 Å². The number of likely N-dealkylation sites (N-methyl/N-ethyl adjacent to an activating group) is 1. The van der Waals surface area contributed by atoms with Gasteiger partial charge in [-0.15, -0.1) is 0 Å². The first-order chi connectivity index (χ1) is 6.61. The topological polar surface area (TPSA) is 61.8 Å². The molecule has 2 N–H and O–H groups in total. The molecule has 0 saturated heterocycles. The van der Waals surface area contributed by atoms with Crippen molar-refractivity contribution in [1.82, 2.24) is 10.2 Å². The van der Waals surface area contributed by atoms with Gasteiger partial charge in [0.1, 0.15) is 0 Å². The molecule has 1 amide bonds. The van der Waals surface area contributed by atoms with E-state index in [1.165, 1.54) is 12.0 Å². The summed E-state index contributed by atoms with van der Waals surface area (Å²) in [6.45, 7) is 1.23. The molecule has 14 heavy (non-hydrogen) atoms. The van der Waals surface area contributed by atoms with E-state index >= 15 is 0 Å². The van der Waals surface area contributed by atoms with Gasteiger partial charge in [-0.1, -0.05) is 0 Å². The zero-order valence-electron chi connectivity index (χ0n) is 9.12. The number of ether oxygens (including phenoxy) is 1. The van der Waals surface area contributed by atoms with Crippen molar-refractivity contribution in [2.45, 2.75) is 12.5 Å². The molecule has 5 nitrogen and oxygen atoms in total. The molecule has 0 aromatic carbocycles. The van der Waals surface area contributed by atoms with Crippen molar-refractivity contribution in [3.63, 3.8) is 0 Å². The molecule has 0 bridgehead atoms. The van der Waals surface area contributed by atoms with E-state index in [0.717, 1.165) is 0 Å². The first kappa shape index (κ1) is 13.4. The second-order valence-corrected chi connectivity index (χ2v) is 3.24. The summed E-state index contributed by atoms with van der Waals surface area (Å²) in [5.74, 6) is 0.0227. The molecule has 0 radical (unpaired) electrons. The molecule has 0 aliphatic carbocycles. The van der Waals surface area contributed by atoms with Crippen molar-refractivity contribution in [3.8, 4) is 0 Å². The molecule has 1 atom stereocenters. The molecule has 0 aliphatic rings. The molecule has 0 aromatic rings. The number of hydrogen-bond donors (Lipinski definition) is 2. The molecule has 0 aromatic heterocycles. The van der Waals surface area contributed by atoms with Gasteiger partial charge in [0.25, 0.3) is 0 Å². The van der Waals surface area contributed by atoms with Gasteiger partial charge < -0.3 is 20.1 Å². The highest BCUT2D eigenvalue weighted by atomic mass is 16.5. The minimum atomic E-state index is -0.608. The summed E-state index contributed by atoms with van der Waals surface area (Å²) < 4.78 is 4.77. The molecule has 0 rings (SSSR count). The smallest absolute Gasteiger partial charge is 0.223 e. The van der Waals surface area contributed by atoms with Crippen LogP contribution in [0.25, 0.3) is 0 Å². The van der Waals surface area contributed by atoms with Gasteiger partial charge in [0.05, 0.1) is 12.7 Å². The second-order valence-electron chi connectivity index (χ2n) is 3.24.